The molecule has 0 aliphatic heterocycles. The minimum absolute atomic E-state index is 0. The summed E-state index contributed by atoms with van der Waals surface area (Å²) in [5.41, 5.74) is 0. The third kappa shape index (κ3) is 3.81. The van der Waals surface area contributed by atoms with Gasteiger partial charge in [-0.1, -0.05) is 0 Å². The Hall–Kier alpha value is -0.650. The zero-order valence-electron chi connectivity index (χ0n) is 11.4. The number of aromatic hydroxyl groups is 3. The molecular formula is C6H7NaO12S3. The maximum Gasteiger partial charge on any atom is 1.00 e. The Morgan fingerprint density at radius 1 is 0.545 bits per heavy atom. The van der Waals surface area contributed by atoms with Crippen molar-refractivity contribution in [1.29, 1.82) is 0 Å². The normalized spacial score (nSPS) is 12.7. The molecule has 16 heteroatoms. The number of hydrogen-bond donors (Lipinski definition) is 6. The summed E-state index contributed by atoms with van der Waals surface area (Å²) in [4.78, 5) is -6.17. The van der Waals surface area contributed by atoms with E-state index in [1.807, 2.05) is 0 Å². The van der Waals surface area contributed by atoms with Gasteiger partial charge < -0.3 is 16.7 Å². The predicted octanol–water partition coefficient (Wildman–Crippen LogP) is -4.34. The standard InChI is InChI=1S/C6H6O12S3.Na.H/c7-1-4(19(10,11)12)2(8)6(21(16,17)18)3(9)5(1)20(13,14)15;;/h7-9H,(H,10,11,12)(H,13,14,15)(H,16,17,18);;/q;+1;-1. The van der Waals surface area contributed by atoms with Crippen molar-refractivity contribution < 1.29 is 85.2 Å². The zero-order valence-corrected chi connectivity index (χ0v) is 14.8. The molecule has 0 fully saturated rings. The van der Waals surface area contributed by atoms with E-state index < -0.39 is 62.3 Å². The summed E-state index contributed by atoms with van der Waals surface area (Å²) in [6.45, 7) is 0. The fraction of sp³-hybridized carbons (Fsp3) is 0. The van der Waals surface area contributed by atoms with E-state index in [1.165, 1.54) is 0 Å². The van der Waals surface area contributed by atoms with E-state index in [-0.39, 0.29) is 31.0 Å². The van der Waals surface area contributed by atoms with Crippen LogP contribution < -0.4 is 29.6 Å². The van der Waals surface area contributed by atoms with Gasteiger partial charge in [0.05, 0.1) is 0 Å². The van der Waals surface area contributed by atoms with Crippen molar-refractivity contribution in [2.75, 3.05) is 0 Å². The smallest absolute Gasteiger partial charge is 1.00 e. The van der Waals surface area contributed by atoms with Gasteiger partial charge in [-0.15, -0.1) is 0 Å². The zero-order chi connectivity index (χ0) is 17.0. The van der Waals surface area contributed by atoms with Crippen LogP contribution in [0.2, 0.25) is 0 Å². The minimum atomic E-state index is -5.61. The van der Waals surface area contributed by atoms with Crippen LogP contribution in [0.25, 0.3) is 0 Å². The average molecular weight is 390 g/mol. The molecule has 0 spiro atoms. The van der Waals surface area contributed by atoms with Crippen LogP contribution in [0.4, 0.5) is 0 Å². The maximum atomic E-state index is 10.9. The Morgan fingerprint density at radius 3 is 0.773 bits per heavy atom. The Balaban J connectivity index is 0. The average Bonchev–Trinajstić information content (AvgIpc) is 2.07. The van der Waals surface area contributed by atoms with Crippen LogP contribution in [0.5, 0.6) is 17.2 Å². The molecule has 0 radical (unpaired) electrons. The van der Waals surface area contributed by atoms with Crippen LogP contribution in [0.3, 0.4) is 0 Å². The minimum Gasteiger partial charge on any atom is -1.00 e. The molecule has 0 saturated heterocycles. The van der Waals surface area contributed by atoms with Crippen molar-refractivity contribution in [2.24, 2.45) is 0 Å². The molecule has 12 nitrogen and oxygen atoms in total. The van der Waals surface area contributed by atoms with Crippen molar-refractivity contribution >= 4 is 30.4 Å². The molecule has 6 N–H and O–H groups in total. The van der Waals surface area contributed by atoms with Gasteiger partial charge in [-0.05, 0) is 0 Å². The summed E-state index contributed by atoms with van der Waals surface area (Å²) < 4.78 is 91.9. The second kappa shape index (κ2) is 6.10. The second-order valence-electron chi connectivity index (χ2n) is 3.46. The third-order valence-corrected chi connectivity index (χ3v) is 4.77. The summed E-state index contributed by atoms with van der Waals surface area (Å²) in [6, 6.07) is 0. The maximum absolute atomic E-state index is 10.9. The van der Waals surface area contributed by atoms with Crippen molar-refractivity contribution in [1.82, 2.24) is 0 Å². The molecule has 22 heavy (non-hydrogen) atoms. The quantitative estimate of drug-likeness (QED) is 0.213. The number of hydrogen-bond acceptors (Lipinski definition) is 9. The van der Waals surface area contributed by atoms with Crippen LogP contribution in [0.1, 0.15) is 1.43 Å². The predicted molar refractivity (Wildman–Crippen MR) is 62.0 cm³/mol. The molecule has 0 atom stereocenters. The van der Waals surface area contributed by atoms with Gasteiger partial charge in [0.2, 0.25) is 0 Å². The van der Waals surface area contributed by atoms with Gasteiger partial charge in [0.1, 0.15) is 0 Å². The van der Waals surface area contributed by atoms with E-state index >= 15 is 0 Å². The van der Waals surface area contributed by atoms with Crippen molar-refractivity contribution in [3.63, 3.8) is 0 Å². The van der Waals surface area contributed by atoms with Crippen LogP contribution in [-0.2, 0) is 30.4 Å². The Morgan fingerprint density at radius 2 is 0.682 bits per heavy atom. The Bertz CT molecular complexity index is 787. The van der Waals surface area contributed by atoms with Gasteiger partial charge in [-0.2, -0.15) is 25.3 Å². The molecule has 0 amide bonds. The molecule has 0 aliphatic rings. The number of benzene rings is 1. The van der Waals surface area contributed by atoms with Gasteiger partial charge in [0.25, 0.3) is 0 Å². The van der Waals surface area contributed by atoms with Crippen LogP contribution in [0, 0.1) is 0 Å². The molecule has 0 bridgehead atoms. The van der Waals surface area contributed by atoms with E-state index in [1.54, 1.807) is 0 Å². The molecule has 0 aromatic heterocycles. The molecule has 0 unspecified atom stereocenters. The first-order chi connectivity index (χ1) is 9.10. The third-order valence-electron chi connectivity index (χ3n) is 2.06. The van der Waals surface area contributed by atoms with Crippen LogP contribution in [-0.4, -0.2) is 54.2 Å². The topological polar surface area (TPSA) is 224 Å². The second-order valence-corrected chi connectivity index (χ2v) is 7.53. The molecule has 0 heterocycles. The summed E-state index contributed by atoms with van der Waals surface area (Å²) in [6.07, 6.45) is 0. The first-order valence-electron chi connectivity index (χ1n) is 4.33. The SMILES string of the molecule is O=S(=O)(O)c1c(O)c(S(=O)(=O)O)c(O)c(S(=O)(=O)O)c1O.[H-].[Na+]. The summed E-state index contributed by atoms with van der Waals surface area (Å²) >= 11 is 0. The summed E-state index contributed by atoms with van der Waals surface area (Å²) in [7, 11) is -16.8. The van der Waals surface area contributed by atoms with Crippen LogP contribution in [0.15, 0.2) is 14.7 Å². The van der Waals surface area contributed by atoms with Gasteiger partial charge in [-0.25, -0.2) is 0 Å². The molecular weight excluding hydrogens is 383 g/mol. The van der Waals surface area contributed by atoms with Gasteiger partial charge in [0.15, 0.2) is 31.9 Å². The number of phenols is 3. The molecule has 0 saturated carbocycles. The van der Waals surface area contributed by atoms with Crippen molar-refractivity contribution in [2.45, 2.75) is 14.7 Å². The number of phenolic OH excluding ortho intramolecular Hbond substituents is 3. The molecule has 1 aromatic rings. The Labute approximate surface area is 147 Å². The van der Waals surface area contributed by atoms with E-state index in [0.29, 0.717) is 0 Å². The van der Waals surface area contributed by atoms with Gasteiger partial charge in [0, 0.05) is 0 Å². The fourth-order valence-corrected chi connectivity index (χ4v) is 3.65. The van der Waals surface area contributed by atoms with E-state index in [4.69, 9.17) is 13.7 Å². The van der Waals surface area contributed by atoms with Gasteiger partial charge >= 0.3 is 59.9 Å². The summed E-state index contributed by atoms with van der Waals surface area (Å²) in [5, 5.41) is 28.0. The van der Waals surface area contributed by atoms with Crippen molar-refractivity contribution in [3.05, 3.63) is 0 Å². The monoisotopic (exact) mass is 390 g/mol. The largest absolute Gasteiger partial charge is 1.00 e. The molecule has 0 aliphatic carbocycles. The fourth-order valence-electron chi connectivity index (χ4n) is 1.38. The first-order valence-corrected chi connectivity index (χ1v) is 8.65. The molecule has 1 rings (SSSR count). The van der Waals surface area contributed by atoms with Crippen LogP contribution >= 0.6 is 0 Å². The van der Waals surface area contributed by atoms with E-state index in [2.05, 4.69) is 0 Å². The molecule has 122 valence electrons. The summed E-state index contributed by atoms with van der Waals surface area (Å²) in [5.74, 6) is -6.16. The van der Waals surface area contributed by atoms with E-state index in [9.17, 15) is 40.6 Å². The molecule has 1 aromatic carbocycles. The Kier molecular flexibility index (Phi) is 5.92. The van der Waals surface area contributed by atoms with E-state index in [0.717, 1.165) is 0 Å². The number of rotatable bonds is 3. The first kappa shape index (κ1) is 21.4. The van der Waals surface area contributed by atoms with Gasteiger partial charge in [-0.3, -0.25) is 13.7 Å². The van der Waals surface area contributed by atoms with Crippen molar-refractivity contribution in [3.8, 4) is 17.2 Å².